The van der Waals surface area contributed by atoms with Crippen LogP contribution >= 0.6 is 12.2 Å². The molecule has 0 amide bonds. The Hall–Kier alpha value is -2.47. The van der Waals surface area contributed by atoms with Crippen LogP contribution in [0.1, 0.15) is 12.5 Å². The van der Waals surface area contributed by atoms with Crippen LogP contribution in [-0.4, -0.2) is 15.9 Å². The molecule has 4 nitrogen and oxygen atoms in total. The van der Waals surface area contributed by atoms with Crippen LogP contribution in [0.5, 0.6) is 5.75 Å². The summed E-state index contributed by atoms with van der Waals surface area (Å²) in [4.78, 5) is 0. The molecule has 0 aromatic heterocycles. The number of benzene rings is 2. The summed E-state index contributed by atoms with van der Waals surface area (Å²) >= 11 is 5.04. The fourth-order valence-electron chi connectivity index (χ4n) is 1.69. The summed E-state index contributed by atoms with van der Waals surface area (Å²) in [6, 6.07) is 13.0. The van der Waals surface area contributed by atoms with Crippen molar-refractivity contribution in [3.8, 4) is 5.75 Å². The van der Waals surface area contributed by atoms with Crippen LogP contribution in [-0.2, 0) is 0 Å². The maximum Gasteiger partial charge on any atom is 0.191 e. The number of halogens is 1. The number of hydrazone groups is 1. The van der Waals surface area contributed by atoms with E-state index in [1.54, 1.807) is 49.4 Å². The molecule has 21 heavy (non-hydrogen) atoms. The molecular formula is C15H14FN3OS. The number of nitrogens with zero attached hydrogens (tertiary/aromatic N) is 1. The van der Waals surface area contributed by atoms with E-state index in [2.05, 4.69) is 15.8 Å². The lowest BCUT2D eigenvalue weighted by Crippen LogP contribution is -2.25. The number of hydrogen-bond donors (Lipinski definition) is 3. The van der Waals surface area contributed by atoms with Gasteiger partial charge in [0.25, 0.3) is 0 Å². The smallest absolute Gasteiger partial charge is 0.191 e. The van der Waals surface area contributed by atoms with Crippen LogP contribution < -0.4 is 10.7 Å². The van der Waals surface area contributed by atoms with E-state index in [4.69, 9.17) is 12.2 Å². The highest BCUT2D eigenvalue weighted by Gasteiger charge is 2.05. The second-order valence-corrected chi connectivity index (χ2v) is 4.67. The van der Waals surface area contributed by atoms with Crippen molar-refractivity contribution in [1.29, 1.82) is 0 Å². The molecule has 2 rings (SSSR count). The third kappa shape index (κ3) is 4.00. The molecule has 6 heteroatoms. The topological polar surface area (TPSA) is 56.7 Å². The molecule has 0 radical (unpaired) electrons. The normalized spacial score (nSPS) is 11.0. The highest BCUT2D eigenvalue weighted by atomic mass is 32.1. The molecule has 0 fully saturated rings. The van der Waals surface area contributed by atoms with Crippen LogP contribution in [0, 0.1) is 5.82 Å². The van der Waals surface area contributed by atoms with E-state index >= 15 is 0 Å². The summed E-state index contributed by atoms with van der Waals surface area (Å²) in [5.74, 6) is -0.267. The molecule has 0 bridgehead atoms. The molecule has 0 heterocycles. The molecule has 0 unspecified atom stereocenters. The predicted molar refractivity (Wildman–Crippen MR) is 86.1 cm³/mol. The molecule has 0 aliphatic rings. The number of nitrogens with one attached hydrogen (secondary N) is 2. The summed E-state index contributed by atoms with van der Waals surface area (Å²) in [7, 11) is 0. The van der Waals surface area contributed by atoms with Gasteiger partial charge >= 0.3 is 0 Å². The molecular weight excluding hydrogens is 289 g/mol. The molecule has 2 aromatic rings. The Morgan fingerprint density at radius 3 is 2.52 bits per heavy atom. The van der Waals surface area contributed by atoms with E-state index < -0.39 is 5.82 Å². The van der Waals surface area contributed by atoms with Gasteiger partial charge in [-0.1, -0.05) is 24.3 Å². The molecule has 0 saturated carbocycles. The van der Waals surface area contributed by atoms with Gasteiger partial charge in [-0.3, -0.25) is 5.43 Å². The molecule has 0 aliphatic heterocycles. The van der Waals surface area contributed by atoms with Gasteiger partial charge in [-0.25, -0.2) is 4.39 Å². The Balaban J connectivity index is 2.02. The van der Waals surface area contributed by atoms with Crippen molar-refractivity contribution in [3.05, 3.63) is 59.9 Å². The standard InChI is InChI=1S/C15H14FN3OS/c1-10(11-6-2-5-9-14(11)20)18-19-15(21)17-13-8-4-3-7-12(13)16/h2-9,20H,1H3,(H2,17,19,21)/b18-10+. The van der Waals surface area contributed by atoms with Crippen molar-refractivity contribution in [2.24, 2.45) is 5.10 Å². The second-order valence-electron chi connectivity index (χ2n) is 4.26. The summed E-state index contributed by atoms with van der Waals surface area (Å²) < 4.78 is 13.4. The number of phenols is 1. The van der Waals surface area contributed by atoms with Crippen LogP contribution in [0.2, 0.25) is 0 Å². The predicted octanol–water partition coefficient (Wildman–Crippen LogP) is 3.24. The largest absolute Gasteiger partial charge is 0.507 e. The Morgan fingerprint density at radius 1 is 1.14 bits per heavy atom. The third-order valence-electron chi connectivity index (χ3n) is 2.74. The van der Waals surface area contributed by atoms with Gasteiger partial charge in [-0.2, -0.15) is 5.10 Å². The van der Waals surface area contributed by atoms with Crippen LogP contribution in [0.25, 0.3) is 0 Å². The fourth-order valence-corrected chi connectivity index (χ4v) is 1.84. The lowest BCUT2D eigenvalue weighted by molar-refractivity contribution is 0.474. The minimum Gasteiger partial charge on any atom is -0.507 e. The average Bonchev–Trinajstić information content (AvgIpc) is 2.48. The van der Waals surface area contributed by atoms with Crippen molar-refractivity contribution < 1.29 is 9.50 Å². The van der Waals surface area contributed by atoms with Gasteiger partial charge in [0.2, 0.25) is 0 Å². The van der Waals surface area contributed by atoms with E-state index in [0.29, 0.717) is 11.3 Å². The maximum absolute atomic E-state index is 13.4. The summed E-state index contributed by atoms with van der Waals surface area (Å²) in [6.07, 6.45) is 0. The van der Waals surface area contributed by atoms with Crippen LogP contribution in [0.15, 0.2) is 53.6 Å². The number of hydrogen-bond acceptors (Lipinski definition) is 3. The Kier molecular flexibility index (Phi) is 4.84. The zero-order valence-electron chi connectivity index (χ0n) is 11.3. The highest BCUT2D eigenvalue weighted by molar-refractivity contribution is 7.80. The van der Waals surface area contributed by atoms with Gasteiger partial charge in [-0.05, 0) is 43.4 Å². The summed E-state index contributed by atoms with van der Waals surface area (Å²) in [6.45, 7) is 1.73. The van der Waals surface area contributed by atoms with E-state index in [-0.39, 0.29) is 16.5 Å². The minimum atomic E-state index is -0.400. The first-order chi connectivity index (χ1) is 10.1. The first-order valence-corrected chi connectivity index (χ1v) is 6.63. The van der Waals surface area contributed by atoms with Gasteiger partial charge in [0.05, 0.1) is 11.4 Å². The van der Waals surface area contributed by atoms with Crippen molar-refractivity contribution in [3.63, 3.8) is 0 Å². The molecule has 0 saturated heterocycles. The first-order valence-electron chi connectivity index (χ1n) is 6.22. The lowest BCUT2D eigenvalue weighted by atomic mass is 10.1. The molecule has 0 atom stereocenters. The minimum absolute atomic E-state index is 0.133. The summed E-state index contributed by atoms with van der Waals surface area (Å²) in [5, 5.41) is 16.6. The van der Waals surface area contributed by atoms with E-state index in [1.165, 1.54) is 6.07 Å². The molecule has 2 aromatic carbocycles. The molecule has 108 valence electrons. The summed E-state index contributed by atoms with van der Waals surface area (Å²) in [5.41, 5.74) is 4.04. The van der Waals surface area contributed by atoms with Gasteiger partial charge in [0.1, 0.15) is 11.6 Å². The van der Waals surface area contributed by atoms with Crippen molar-refractivity contribution in [2.45, 2.75) is 6.92 Å². The Morgan fingerprint density at radius 2 is 1.81 bits per heavy atom. The third-order valence-corrected chi connectivity index (χ3v) is 2.93. The number of thiocarbonyl (C=S) groups is 1. The fraction of sp³-hybridized carbons (Fsp3) is 0.0667. The number of aromatic hydroxyl groups is 1. The van der Waals surface area contributed by atoms with E-state index in [1.807, 2.05) is 0 Å². The van der Waals surface area contributed by atoms with Crippen molar-refractivity contribution in [1.82, 2.24) is 5.43 Å². The quantitative estimate of drug-likeness (QED) is 0.463. The van der Waals surface area contributed by atoms with Crippen molar-refractivity contribution >= 4 is 28.7 Å². The SMILES string of the molecule is C/C(=N\NC(=S)Nc1ccccc1F)c1ccccc1O. The monoisotopic (exact) mass is 303 g/mol. The van der Waals surface area contributed by atoms with Gasteiger partial charge < -0.3 is 10.4 Å². The Bertz CT molecular complexity index is 688. The first kappa shape index (κ1) is 14.9. The molecule has 3 N–H and O–H groups in total. The maximum atomic E-state index is 13.4. The van der Waals surface area contributed by atoms with Crippen LogP contribution in [0.4, 0.5) is 10.1 Å². The van der Waals surface area contributed by atoms with Crippen LogP contribution in [0.3, 0.4) is 0 Å². The van der Waals surface area contributed by atoms with Gasteiger partial charge in [0.15, 0.2) is 5.11 Å². The molecule has 0 aliphatic carbocycles. The van der Waals surface area contributed by atoms with Crippen molar-refractivity contribution in [2.75, 3.05) is 5.32 Å². The van der Waals surface area contributed by atoms with E-state index in [9.17, 15) is 9.50 Å². The second kappa shape index (κ2) is 6.81. The zero-order chi connectivity index (χ0) is 15.2. The van der Waals surface area contributed by atoms with E-state index in [0.717, 1.165) is 0 Å². The van der Waals surface area contributed by atoms with Gasteiger partial charge in [-0.15, -0.1) is 0 Å². The number of rotatable bonds is 3. The van der Waals surface area contributed by atoms with Gasteiger partial charge in [0, 0.05) is 5.56 Å². The lowest BCUT2D eigenvalue weighted by Gasteiger charge is -2.09. The number of anilines is 1. The highest BCUT2D eigenvalue weighted by Crippen LogP contribution is 2.16. The average molecular weight is 303 g/mol. The zero-order valence-corrected chi connectivity index (χ0v) is 12.1. The molecule has 0 spiro atoms. The number of phenolic OH excluding ortho intramolecular Hbond substituents is 1. The Labute approximate surface area is 127 Å². The number of para-hydroxylation sites is 2.